The summed E-state index contributed by atoms with van der Waals surface area (Å²) in [4.78, 5) is -0.0912. The minimum absolute atomic E-state index is 0.0912. The third-order valence-electron chi connectivity index (χ3n) is 5.08. The van der Waals surface area contributed by atoms with Crippen molar-refractivity contribution < 1.29 is 18.7 Å². The predicted octanol–water partition coefficient (Wildman–Crippen LogP) is 4.41. The summed E-state index contributed by atoms with van der Waals surface area (Å²) in [5, 5.41) is 0. The van der Waals surface area contributed by atoms with E-state index in [2.05, 4.69) is 12.7 Å². The predicted molar refractivity (Wildman–Crippen MR) is 101 cm³/mol. The maximum Gasteiger partial charge on any atom is 0.124 e. The van der Waals surface area contributed by atoms with Crippen LogP contribution in [0.25, 0.3) is 0 Å². The van der Waals surface area contributed by atoms with Gasteiger partial charge in [-0.3, -0.25) is 0 Å². The van der Waals surface area contributed by atoms with Crippen molar-refractivity contribution in [1.29, 1.82) is 0 Å². The first kappa shape index (κ1) is 22.1. The molecule has 3 N–H and O–H groups in total. The SMILES string of the molecule is CCCCCCCCCCCC([NH3+])c1c(S(=O)(=O)[O-])ccc(C)c1C. The Labute approximate surface area is 154 Å². The van der Waals surface area contributed by atoms with E-state index in [-0.39, 0.29) is 10.9 Å². The van der Waals surface area contributed by atoms with Gasteiger partial charge in [-0.05, 0) is 37.5 Å². The Balaban J connectivity index is 2.50. The average Bonchev–Trinajstić information content (AvgIpc) is 2.54. The van der Waals surface area contributed by atoms with Crippen molar-refractivity contribution >= 4 is 10.1 Å². The summed E-state index contributed by atoms with van der Waals surface area (Å²) < 4.78 is 34.7. The number of hydrogen-bond donors (Lipinski definition) is 1. The lowest BCUT2D eigenvalue weighted by molar-refractivity contribution is -0.429. The van der Waals surface area contributed by atoms with Crippen molar-refractivity contribution in [2.45, 2.75) is 95.9 Å². The molecule has 1 aromatic carbocycles. The molecule has 0 aromatic heterocycles. The number of unbranched alkanes of at least 4 members (excludes halogenated alkanes) is 8. The molecule has 0 fully saturated rings. The second-order valence-corrected chi connectivity index (χ2v) is 8.54. The normalized spacial score (nSPS) is 13.2. The maximum atomic E-state index is 11.6. The maximum absolute atomic E-state index is 11.6. The van der Waals surface area contributed by atoms with Crippen molar-refractivity contribution in [2.75, 3.05) is 0 Å². The Morgan fingerprint density at radius 2 is 1.48 bits per heavy atom. The van der Waals surface area contributed by atoms with Crippen molar-refractivity contribution in [3.05, 3.63) is 28.8 Å². The monoisotopic (exact) mass is 369 g/mol. The molecular weight excluding hydrogens is 334 g/mol. The summed E-state index contributed by atoms with van der Waals surface area (Å²) in [5.41, 5.74) is 6.65. The van der Waals surface area contributed by atoms with Gasteiger partial charge in [0.15, 0.2) is 0 Å². The van der Waals surface area contributed by atoms with E-state index in [1.54, 1.807) is 6.07 Å². The third-order valence-corrected chi connectivity index (χ3v) is 5.97. The summed E-state index contributed by atoms with van der Waals surface area (Å²) in [7, 11) is -4.46. The van der Waals surface area contributed by atoms with Gasteiger partial charge in [0, 0.05) is 12.0 Å². The number of rotatable bonds is 12. The fourth-order valence-electron chi connectivity index (χ4n) is 3.38. The quantitative estimate of drug-likeness (QED) is 0.437. The van der Waals surface area contributed by atoms with Gasteiger partial charge in [0.25, 0.3) is 0 Å². The molecule has 5 heteroatoms. The molecule has 0 spiro atoms. The van der Waals surface area contributed by atoms with Crippen LogP contribution >= 0.6 is 0 Å². The lowest BCUT2D eigenvalue weighted by atomic mass is 9.94. The number of aryl methyl sites for hydroxylation is 1. The molecule has 1 atom stereocenters. The first-order valence-electron chi connectivity index (χ1n) is 9.68. The van der Waals surface area contributed by atoms with Crippen molar-refractivity contribution in [3.63, 3.8) is 0 Å². The Hall–Kier alpha value is -0.910. The number of hydrogen-bond acceptors (Lipinski definition) is 3. The van der Waals surface area contributed by atoms with Gasteiger partial charge in [-0.1, -0.05) is 64.4 Å². The molecule has 0 bridgehead atoms. The van der Waals surface area contributed by atoms with Crippen LogP contribution in [-0.2, 0) is 10.1 Å². The van der Waals surface area contributed by atoms with Gasteiger partial charge in [0.1, 0.15) is 16.2 Å². The fraction of sp³-hybridized carbons (Fsp3) is 0.700. The van der Waals surface area contributed by atoms with Crippen LogP contribution in [0.2, 0.25) is 0 Å². The van der Waals surface area contributed by atoms with E-state index < -0.39 is 10.1 Å². The molecule has 0 heterocycles. The molecule has 1 aromatic rings. The second-order valence-electron chi connectivity index (χ2n) is 7.19. The summed E-state index contributed by atoms with van der Waals surface area (Å²) in [5.74, 6) is 0. The molecule has 0 saturated heterocycles. The first-order chi connectivity index (χ1) is 11.8. The van der Waals surface area contributed by atoms with E-state index >= 15 is 0 Å². The zero-order valence-electron chi connectivity index (χ0n) is 16.1. The summed E-state index contributed by atoms with van der Waals surface area (Å²) in [6.45, 7) is 6.05. The molecule has 0 radical (unpaired) electrons. The Kier molecular flexibility index (Phi) is 9.69. The van der Waals surface area contributed by atoms with Crippen LogP contribution in [0.3, 0.4) is 0 Å². The molecule has 0 aliphatic rings. The standard InChI is InChI=1S/C20H35NO3S/c1-4-5-6-7-8-9-10-11-12-13-18(21)20-17(3)16(2)14-15-19(20)25(22,23)24/h14-15,18H,4-13,21H2,1-3H3,(H,22,23,24). The van der Waals surface area contributed by atoms with Gasteiger partial charge in [0.05, 0.1) is 4.90 Å². The van der Waals surface area contributed by atoms with Crippen LogP contribution in [-0.4, -0.2) is 13.0 Å². The zero-order chi connectivity index (χ0) is 18.9. The molecule has 4 nitrogen and oxygen atoms in total. The second kappa shape index (κ2) is 10.9. The highest BCUT2D eigenvalue weighted by molar-refractivity contribution is 7.85. The minimum Gasteiger partial charge on any atom is -0.744 e. The van der Waals surface area contributed by atoms with E-state index in [1.807, 2.05) is 13.8 Å². The molecule has 0 saturated carbocycles. The highest BCUT2D eigenvalue weighted by Crippen LogP contribution is 2.29. The van der Waals surface area contributed by atoms with E-state index in [1.165, 1.54) is 51.0 Å². The van der Waals surface area contributed by atoms with Crippen molar-refractivity contribution in [2.24, 2.45) is 0 Å². The molecule has 0 aliphatic carbocycles. The van der Waals surface area contributed by atoms with E-state index in [4.69, 9.17) is 0 Å². The lowest BCUT2D eigenvalue weighted by Crippen LogP contribution is -2.54. The Morgan fingerprint density at radius 3 is 2.00 bits per heavy atom. The van der Waals surface area contributed by atoms with Gasteiger partial charge in [0.2, 0.25) is 0 Å². The number of quaternary nitrogens is 1. The highest BCUT2D eigenvalue weighted by Gasteiger charge is 2.21. The smallest absolute Gasteiger partial charge is 0.124 e. The van der Waals surface area contributed by atoms with Gasteiger partial charge in [-0.2, -0.15) is 0 Å². The van der Waals surface area contributed by atoms with Crippen LogP contribution < -0.4 is 5.73 Å². The van der Waals surface area contributed by atoms with Crippen molar-refractivity contribution in [1.82, 2.24) is 0 Å². The van der Waals surface area contributed by atoms with Crippen molar-refractivity contribution in [3.8, 4) is 0 Å². The number of benzene rings is 1. The largest absolute Gasteiger partial charge is 0.744 e. The van der Waals surface area contributed by atoms with Crippen LogP contribution in [0.5, 0.6) is 0 Å². The topological polar surface area (TPSA) is 84.8 Å². The van der Waals surface area contributed by atoms with E-state index in [9.17, 15) is 13.0 Å². The van der Waals surface area contributed by atoms with Gasteiger partial charge < -0.3 is 10.3 Å². The molecule has 1 unspecified atom stereocenters. The Morgan fingerprint density at radius 1 is 0.960 bits per heavy atom. The molecule has 0 amide bonds. The third kappa shape index (κ3) is 7.47. The van der Waals surface area contributed by atoms with Crippen LogP contribution in [0, 0.1) is 13.8 Å². The minimum atomic E-state index is -4.46. The molecule has 1 rings (SSSR count). The molecule has 0 aliphatic heterocycles. The van der Waals surface area contributed by atoms with Crippen LogP contribution in [0.4, 0.5) is 0 Å². The molecule has 25 heavy (non-hydrogen) atoms. The van der Waals surface area contributed by atoms with Gasteiger partial charge >= 0.3 is 0 Å². The fourth-order valence-corrected chi connectivity index (χ4v) is 4.21. The average molecular weight is 370 g/mol. The van der Waals surface area contributed by atoms with Crippen LogP contribution in [0.1, 0.15) is 93.9 Å². The summed E-state index contributed by atoms with van der Waals surface area (Å²) >= 11 is 0. The molecular formula is C20H35NO3S. The Bertz CT molecular complexity index is 626. The van der Waals surface area contributed by atoms with E-state index in [0.29, 0.717) is 5.56 Å². The zero-order valence-corrected chi connectivity index (χ0v) is 17.0. The van der Waals surface area contributed by atoms with Gasteiger partial charge in [-0.25, -0.2) is 8.42 Å². The lowest BCUT2D eigenvalue weighted by Gasteiger charge is -2.20. The first-order valence-corrected chi connectivity index (χ1v) is 11.1. The molecule has 144 valence electrons. The summed E-state index contributed by atoms with van der Waals surface area (Å²) in [6, 6.07) is 2.99. The van der Waals surface area contributed by atoms with E-state index in [0.717, 1.165) is 30.4 Å². The summed E-state index contributed by atoms with van der Waals surface area (Å²) in [6.07, 6.45) is 12.1. The highest BCUT2D eigenvalue weighted by atomic mass is 32.2. The van der Waals surface area contributed by atoms with Crippen LogP contribution in [0.15, 0.2) is 17.0 Å². The van der Waals surface area contributed by atoms with Gasteiger partial charge in [-0.15, -0.1) is 0 Å².